The number of aromatic nitrogens is 2. The summed E-state index contributed by atoms with van der Waals surface area (Å²) in [5, 5.41) is 12.5. The average molecular weight is 194 g/mol. The van der Waals surface area contributed by atoms with Crippen molar-refractivity contribution in [3.63, 3.8) is 0 Å². The molecule has 1 rings (SSSR count). The molecule has 1 heterocycles. The normalized spacial score (nSPS) is 14.6. The van der Waals surface area contributed by atoms with Crippen molar-refractivity contribution < 1.29 is 18.3 Å². The molecule has 0 aliphatic heterocycles. The van der Waals surface area contributed by atoms with Crippen LogP contribution >= 0.6 is 0 Å². The predicted molar refractivity (Wildman–Crippen MR) is 38.8 cm³/mol. The quantitative estimate of drug-likeness (QED) is 0.735. The molecule has 0 aliphatic carbocycles. The zero-order valence-electron chi connectivity index (χ0n) is 7.13. The summed E-state index contributed by atoms with van der Waals surface area (Å²) < 4.78 is 37.7. The van der Waals surface area contributed by atoms with E-state index in [1.807, 2.05) is 0 Å². The van der Waals surface area contributed by atoms with Crippen molar-refractivity contribution in [1.82, 2.24) is 9.78 Å². The smallest absolute Gasteiger partial charge is 0.389 e. The Morgan fingerprint density at radius 3 is 2.38 bits per heavy atom. The van der Waals surface area contributed by atoms with Crippen molar-refractivity contribution in [2.45, 2.75) is 19.2 Å². The summed E-state index contributed by atoms with van der Waals surface area (Å²) in [5.41, 5.74) is -1.10. The van der Waals surface area contributed by atoms with Gasteiger partial charge in [-0.15, -0.1) is 0 Å². The van der Waals surface area contributed by atoms with E-state index in [1.165, 1.54) is 14.0 Å². The Morgan fingerprint density at radius 2 is 2.08 bits per heavy atom. The van der Waals surface area contributed by atoms with Gasteiger partial charge >= 0.3 is 6.18 Å². The SMILES string of the molecule is CC(O)c1cnn(C)c1C(F)(F)F. The Labute approximate surface area is 72.8 Å². The summed E-state index contributed by atoms with van der Waals surface area (Å²) in [4.78, 5) is 0. The number of hydrogen-bond donors (Lipinski definition) is 1. The molecule has 1 atom stereocenters. The third-order valence-corrected chi connectivity index (χ3v) is 1.69. The van der Waals surface area contributed by atoms with E-state index in [-0.39, 0.29) is 5.56 Å². The van der Waals surface area contributed by atoms with Gasteiger partial charge in [-0.1, -0.05) is 0 Å². The number of aryl methyl sites for hydroxylation is 1. The van der Waals surface area contributed by atoms with Crippen LogP contribution in [-0.4, -0.2) is 14.9 Å². The highest BCUT2D eigenvalue weighted by molar-refractivity contribution is 5.22. The predicted octanol–water partition coefficient (Wildman–Crippen LogP) is 1.49. The number of aliphatic hydroxyl groups is 1. The maximum absolute atomic E-state index is 12.3. The summed E-state index contributed by atoms with van der Waals surface area (Å²) in [5.74, 6) is 0. The molecule has 0 aromatic carbocycles. The van der Waals surface area contributed by atoms with Gasteiger partial charge in [0.15, 0.2) is 0 Å². The first-order chi connectivity index (χ1) is 5.84. The number of rotatable bonds is 1. The van der Waals surface area contributed by atoms with Gasteiger partial charge in [0.25, 0.3) is 0 Å². The van der Waals surface area contributed by atoms with E-state index in [4.69, 9.17) is 5.11 Å². The van der Waals surface area contributed by atoms with Crippen LogP contribution in [0.1, 0.15) is 24.3 Å². The van der Waals surface area contributed by atoms with Crippen LogP contribution in [0.25, 0.3) is 0 Å². The zero-order chi connectivity index (χ0) is 10.2. The van der Waals surface area contributed by atoms with Crippen LogP contribution in [0.3, 0.4) is 0 Å². The van der Waals surface area contributed by atoms with Crippen LogP contribution < -0.4 is 0 Å². The number of hydrogen-bond acceptors (Lipinski definition) is 2. The second-order valence-corrected chi connectivity index (χ2v) is 2.75. The highest BCUT2D eigenvalue weighted by Gasteiger charge is 2.38. The fraction of sp³-hybridized carbons (Fsp3) is 0.571. The second kappa shape index (κ2) is 3.02. The van der Waals surface area contributed by atoms with Gasteiger partial charge in [-0.25, -0.2) is 0 Å². The number of nitrogens with zero attached hydrogens (tertiary/aromatic N) is 2. The van der Waals surface area contributed by atoms with Crippen LogP contribution in [0.5, 0.6) is 0 Å². The van der Waals surface area contributed by atoms with Gasteiger partial charge in [-0.3, -0.25) is 4.68 Å². The van der Waals surface area contributed by atoms with Crippen molar-refractivity contribution in [3.05, 3.63) is 17.5 Å². The molecule has 3 nitrogen and oxygen atoms in total. The van der Waals surface area contributed by atoms with Gasteiger partial charge in [0, 0.05) is 12.6 Å². The van der Waals surface area contributed by atoms with Crippen LogP contribution in [0.4, 0.5) is 13.2 Å². The summed E-state index contributed by atoms with van der Waals surface area (Å²) in [7, 11) is 1.19. The minimum absolute atomic E-state index is 0.199. The number of alkyl halides is 3. The molecule has 0 saturated heterocycles. The average Bonchev–Trinajstić information content (AvgIpc) is 2.28. The molecule has 1 N–H and O–H groups in total. The molecule has 13 heavy (non-hydrogen) atoms. The molecule has 0 amide bonds. The van der Waals surface area contributed by atoms with Crippen molar-refractivity contribution in [1.29, 1.82) is 0 Å². The maximum atomic E-state index is 12.3. The van der Waals surface area contributed by atoms with E-state index in [2.05, 4.69) is 5.10 Å². The molecular weight excluding hydrogens is 185 g/mol. The van der Waals surface area contributed by atoms with Crippen LogP contribution in [0, 0.1) is 0 Å². The Kier molecular flexibility index (Phi) is 2.34. The lowest BCUT2D eigenvalue weighted by atomic mass is 10.1. The minimum Gasteiger partial charge on any atom is -0.389 e. The summed E-state index contributed by atoms with van der Waals surface area (Å²) in [6.45, 7) is 1.27. The van der Waals surface area contributed by atoms with Crippen molar-refractivity contribution in [3.8, 4) is 0 Å². The third-order valence-electron chi connectivity index (χ3n) is 1.69. The summed E-state index contributed by atoms with van der Waals surface area (Å²) >= 11 is 0. The molecule has 1 aromatic heterocycles. The van der Waals surface area contributed by atoms with Gasteiger partial charge in [0.05, 0.1) is 12.3 Å². The summed E-state index contributed by atoms with van der Waals surface area (Å²) in [6.07, 6.45) is -4.62. The first-order valence-electron chi connectivity index (χ1n) is 3.61. The van der Waals surface area contributed by atoms with Gasteiger partial charge in [0.2, 0.25) is 0 Å². The lowest BCUT2D eigenvalue weighted by Gasteiger charge is -2.10. The molecule has 74 valence electrons. The molecule has 0 spiro atoms. The Hall–Kier alpha value is -1.04. The molecule has 0 saturated carbocycles. The molecule has 1 aromatic rings. The topological polar surface area (TPSA) is 38.1 Å². The van der Waals surface area contributed by atoms with Crippen LogP contribution in [0.15, 0.2) is 6.20 Å². The van der Waals surface area contributed by atoms with Crippen molar-refractivity contribution in [2.75, 3.05) is 0 Å². The molecular formula is C7H9F3N2O. The van der Waals surface area contributed by atoms with Gasteiger partial charge in [0.1, 0.15) is 5.69 Å². The second-order valence-electron chi connectivity index (χ2n) is 2.75. The first-order valence-corrected chi connectivity index (χ1v) is 3.61. The van der Waals surface area contributed by atoms with Gasteiger partial charge in [-0.2, -0.15) is 18.3 Å². The van der Waals surface area contributed by atoms with E-state index in [0.717, 1.165) is 6.20 Å². The highest BCUT2D eigenvalue weighted by atomic mass is 19.4. The molecule has 1 unspecified atom stereocenters. The van der Waals surface area contributed by atoms with E-state index in [9.17, 15) is 13.2 Å². The molecule has 0 aliphatic rings. The van der Waals surface area contributed by atoms with Crippen LogP contribution in [-0.2, 0) is 13.2 Å². The lowest BCUT2D eigenvalue weighted by molar-refractivity contribution is -0.145. The lowest BCUT2D eigenvalue weighted by Crippen LogP contribution is -2.15. The maximum Gasteiger partial charge on any atom is 0.433 e. The fourth-order valence-electron chi connectivity index (χ4n) is 1.11. The number of halogens is 3. The standard InChI is InChI=1S/C7H9F3N2O/c1-4(13)5-3-11-12(2)6(5)7(8,9)10/h3-4,13H,1-2H3. The Balaban J connectivity index is 3.25. The first kappa shape index (κ1) is 10.0. The van der Waals surface area contributed by atoms with E-state index >= 15 is 0 Å². The van der Waals surface area contributed by atoms with Crippen LogP contribution in [0.2, 0.25) is 0 Å². The highest BCUT2D eigenvalue weighted by Crippen LogP contribution is 2.33. The van der Waals surface area contributed by atoms with Crippen molar-refractivity contribution >= 4 is 0 Å². The fourth-order valence-corrected chi connectivity index (χ4v) is 1.11. The number of aliphatic hydroxyl groups excluding tert-OH is 1. The monoisotopic (exact) mass is 194 g/mol. The summed E-state index contributed by atoms with van der Waals surface area (Å²) in [6, 6.07) is 0. The van der Waals surface area contributed by atoms with E-state index < -0.39 is 18.0 Å². The minimum atomic E-state index is -4.47. The Bertz CT molecular complexity index is 303. The zero-order valence-corrected chi connectivity index (χ0v) is 7.13. The third kappa shape index (κ3) is 1.82. The molecule has 6 heteroatoms. The largest absolute Gasteiger partial charge is 0.433 e. The van der Waals surface area contributed by atoms with Crippen molar-refractivity contribution in [2.24, 2.45) is 7.05 Å². The molecule has 0 bridgehead atoms. The Morgan fingerprint density at radius 1 is 1.54 bits per heavy atom. The van der Waals surface area contributed by atoms with E-state index in [1.54, 1.807) is 0 Å². The van der Waals surface area contributed by atoms with Gasteiger partial charge in [-0.05, 0) is 6.92 Å². The van der Waals surface area contributed by atoms with Gasteiger partial charge < -0.3 is 5.11 Å². The molecule has 0 radical (unpaired) electrons. The van der Waals surface area contributed by atoms with E-state index in [0.29, 0.717) is 4.68 Å². The molecule has 0 fully saturated rings.